The first-order valence-corrected chi connectivity index (χ1v) is 6.07. The molecule has 0 aromatic heterocycles. The molecule has 2 saturated carbocycles. The SMILES string of the molecule is CNC1CCCCC(C2CCC2)C1. The summed E-state index contributed by atoms with van der Waals surface area (Å²) in [4.78, 5) is 0. The standard InChI is InChI=1S/C12H23N/c1-13-12-8-3-2-5-11(9-12)10-6-4-7-10/h10-13H,2-9H2,1H3. The minimum atomic E-state index is 0.827. The fourth-order valence-corrected chi connectivity index (χ4v) is 3.00. The van der Waals surface area contributed by atoms with Crippen molar-refractivity contribution in [3.05, 3.63) is 0 Å². The van der Waals surface area contributed by atoms with Crippen LogP contribution >= 0.6 is 0 Å². The maximum absolute atomic E-state index is 3.48. The molecular weight excluding hydrogens is 158 g/mol. The van der Waals surface area contributed by atoms with Gasteiger partial charge in [0.15, 0.2) is 0 Å². The van der Waals surface area contributed by atoms with Crippen molar-refractivity contribution in [1.29, 1.82) is 0 Å². The lowest BCUT2D eigenvalue weighted by atomic mass is 9.72. The van der Waals surface area contributed by atoms with Crippen LogP contribution in [0, 0.1) is 11.8 Å². The molecule has 0 saturated heterocycles. The van der Waals surface area contributed by atoms with Crippen molar-refractivity contribution in [2.75, 3.05) is 7.05 Å². The number of rotatable bonds is 2. The van der Waals surface area contributed by atoms with Crippen molar-refractivity contribution in [3.63, 3.8) is 0 Å². The third-order valence-electron chi connectivity index (χ3n) is 4.19. The van der Waals surface area contributed by atoms with Gasteiger partial charge in [0.2, 0.25) is 0 Å². The summed E-state index contributed by atoms with van der Waals surface area (Å²) in [7, 11) is 2.13. The molecule has 2 fully saturated rings. The molecule has 0 radical (unpaired) electrons. The van der Waals surface area contributed by atoms with E-state index in [0.717, 1.165) is 17.9 Å². The van der Waals surface area contributed by atoms with E-state index >= 15 is 0 Å². The minimum absolute atomic E-state index is 0.827. The molecule has 76 valence electrons. The molecule has 1 N–H and O–H groups in total. The molecule has 0 aliphatic heterocycles. The zero-order chi connectivity index (χ0) is 9.10. The normalized spacial score (nSPS) is 36.7. The maximum atomic E-state index is 3.48. The second kappa shape index (κ2) is 4.45. The van der Waals surface area contributed by atoms with Crippen molar-refractivity contribution in [2.24, 2.45) is 11.8 Å². The molecule has 1 heteroatoms. The topological polar surface area (TPSA) is 12.0 Å². The first-order chi connectivity index (χ1) is 6.40. The van der Waals surface area contributed by atoms with Crippen molar-refractivity contribution < 1.29 is 0 Å². The predicted octanol–water partition coefficient (Wildman–Crippen LogP) is 2.95. The van der Waals surface area contributed by atoms with Gasteiger partial charge in [0.05, 0.1) is 0 Å². The Kier molecular flexibility index (Phi) is 3.26. The second-order valence-electron chi connectivity index (χ2n) is 4.96. The van der Waals surface area contributed by atoms with E-state index in [2.05, 4.69) is 12.4 Å². The van der Waals surface area contributed by atoms with Gasteiger partial charge in [0, 0.05) is 6.04 Å². The summed E-state index contributed by atoms with van der Waals surface area (Å²) in [5, 5.41) is 3.48. The Morgan fingerprint density at radius 3 is 2.15 bits per heavy atom. The van der Waals surface area contributed by atoms with Crippen LogP contribution in [0.1, 0.15) is 51.4 Å². The van der Waals surface area contributed by atoms with E-state index in [1.54, 1.807) is 0 Å². The second-order valence-corrected chi connectivity index (χ2v) is 4.96. The number of hydrogen-bond acceptors (Lipinski definition) is 1. The molecule has 2 unspecified atom stereocenters. The van der Waals surface area contributed by atoms with Crippen molar-refractivity contribution >= 4 is 0 Å². The summed E-state index contributed by atoms with van der Waals surface area (Å²) in [6, 6.07) is 0.827. The van der Waals surface area contributed by atoms with E-state index in [0.29, 0.717) is 0 Å². The van der Waals surface area contributed by atoms with Gasteiger partial charge in [-0.15, -0.1) is 0 Å². The van der Waals surface area contributed by atoms with Crippen LogP contribution in [0.5, 0.6) is 0 Å². The highest BCUT2D eigenvalue weighted by Crippen LogP contribution is 2.40. The Hall–Kier alpha value is -0.0400. The summed E-state index contributed by atoms with van der Waals surface area (Å²) in [6.07, 6.45) is 11.9. The van der Waals surface area contributed by atoms with Crippen LogP contribution in [-0.4, -0.2) is 13.1 Å². The first-order valence-electron chi connectivity index (χ1n) is 6.07. The van der Waals surface area contributed by atoms with Gasteiger partial charge in [-0.3, -0.25) is 0 Å². The van der Waals surface area contributed by atoms with E-state index in [4.69, 9.17) is 0 Å². The molecule has 0 aromatic rings. The largest absolute Gasteiger partial charge is 0.317 e. The molecule has 0 amide bonds. The molecule has 1 nitrogen and oxygen atoms in total. The monoisotopic (exact) mass is 181 g/mol. The third-order valence-corrected chi connectivity index (χ3v) is 4.19. The summed E-state index contributed by atoms with van der Waals surface area (Å²) < 4.78 is 0. The van der Waals surface area contributed by atoms with Crippen molar-refractivity contribution in [1.82, 2.24) is 5.32 Å². The van der Waals surface area contributed by atoms with Crippen LogP contribution in [0.2, 0.25) is 0 Å². The van der Waals surface area contributed by atoms with E-state index < -0.39 is 0 Å². The van der Waals surface area contributed by atoms with Crippen LogP contribution in [0.3, 0.4) is 0 Å². The number of hydrogen-bond donors (Lipinski definition) is 1. The summed E-state index contributed by atoms with van der Waals surface area (Å²) in [5.41, 5.74) is 0. The Morgan fingerprint density at radius 2 is 1.54 bits per heavy atom. The number of nitrogens with one attached hydrogen (secondary N) is 1. The Balaban J connectivity index is 1.85. The van der Waals surface area contributed by atoms with Gasteiger partial charge in [0.1, 0.15) is 0 Å². The lowest BCUT2D eigenvalue weighted by Crippen LogP contribution is -2.30. The van der Waals surface area contributed by atoms with Gasteiger partial charge in [-0.1, -0.05) is 38.5 Å². The molecule has 0 aromatic carbocycles. The fraction of sp³-hybridized carbons (Fsp3) is 1.00. The van der Waals surface area contributed by atoms with E-state index in [1.807, 2.05) is 0 Å². The third kappa shape index (κ3) is 2.25. The molecule has 13 heavy (non-hydrogen) atoms. The van der Waals surface area contributed by atoms with Gasteiger partial charge in [-0.2, -0.15) is 0 Å². The molecule has 0 spiro atoms. The Labute approximate surface area is 82.3 Å². The molecule has 2 rings (SSSR count). The van der Waals surface area contributed by atoms with Crippen LogP contribution in [0.4, 0.5) is 0 Å². The van der Waals surface area contributed by atoms with E-state index in [-0.39, 0.29) is 0 Å². The maximum Gasteiger partial charge on any atom is 0.00668 e. The minimum Gasteiger partial charge on any atom is -0.317 e. The fourth-order valence-electron chi connectivity index (χ4n) is 3.00. The first kappa shape index (κ1) is 9.51. The smallest absolute Gasteiger partial charge is 0.00668 e. The van der Waals surface area contributed by atoms with E-state index in [1.165, 1.54) is 51.4 Å². The van der Waals surface area contributed by atoms with Gasteiger partial charge < -0.3 is 5.32 Å². The van der Waals surface area contributed by atoms with Crippen LogP contribution in [0.15, 0.2) is 0 Å². The summed E-state index contributed by atoms with van der Waals surface area (Å²) >= 11 is 0. The van der Waals surface area contributed by atoms with Crippen LogP contribution in [0.25, 0.3) is 0 Å². The summed E-state index contributed by atoms with van der Waals surface area (Å²) in [5.74, 6) is 2.17. The zero-order valence-electron chi connectivity index (χ0n) is 8.89. The van der Waals surface area contributed by atoms with Crippen molar-refractivity contribution in [2.45, 2.75) is 57.4 Å². The molecule has 0 bridgehead atoms. The lowest BCUT2D eigenvalue weighted by Gasteiger charge is -2.34. The van der Waals surface area contributed by atoms with Crippen molar-refractivity contribution in [3.8, 4) is 0 Å². The quantitative estimate of drug-likeness (QED) is 0.646. The van der Waals surface area contributed by atoms with Gasteiger partial charge >= 0.3 is 0 Å². The molecular formula is C12H23N. The molecule has 2 atom stereocenters. The van der Waals surface area contributed by atoms with Gasteiger partial charge in [0.25, 0.3) is 0 Å². The highest BCUT2D eigenvalue weighted by Gasteiger charge is 2.29. The molecule has 2 aliphatic rings. The predicted molar refractivity (Wildman–Crippen MR) is 56.8 cm³/mol. The van der Waals surface area contributed by atoms with Crippen LogP contribution < -0.4 is 5.32 Å². The Morgan fingerprint density at radius 1 is 0.846 bits per heavy atom. The van der Waals surface area contributed by atoms with Gasteiger partial charge in [-0.25, -0.2) is 0 Å². The summed E-state index contributed by atoms with van der Waals surface area (Å²) in [6.45, 7) is 0. The zero-order valence-corrected chi connectivity index (χ0v) is 8.89. The highest BCUT2D eigenvalue weighted by atomic mass is 14.9. The van der Waals surface area contributed by atoms with E-state index in [9.17, 15) is 0 Å². The average molecular weight is 181 g/mol. The molecule has 0 heterocycles. The Bertz CT molecular complexity index is 151. The highest BCUT2D eigenvalue weighted by molar-refractivity contribution is 4.83. The van der Waals surface area contributed by atoms with Crippen LogP contribution in [-0.2, 0) is 0 Å². The molecule has 2 aliphatic carbocycles. The average Bonchev–Trinajstić information content (AvgIpc) is 2.27. The van der Waals surface area contributed by atoms with Gasteiger partial charge in [-0.05, 0) is 31.7 Å². The lowest BCUT2D eigenvalue weighted by molar-refractivity contribution is 0.179.